The lowest BCUT2D eigenvalue weighted by atomic mass is 10.2. The highest BCUT2D eigenvalue weighted by Gasteiger charge is 2.24. The summed E-state index contributed by atoms with van der Waals surface area (Å²) in [5.41, 5.74) is 0.311. The fraction of sp³-hybridized carbons (Fsp3) is 0. The average molecular weight is 321 g/mol. The van der Waals surface area contributed by atoms with E-state index in [1.54, 1.807) is 24.3 Å². The van der Waals surface area contributed by atoms with Crippen LogP contribution in [-0.4, -0.2) is 13.4 Å². The molecule has 0 atom stereocenters. The maximum Gasteiger partial charge on any atom is 0.342 e. The van der Waals surface area contributed by atoms with Gasteiger partial charge >= 0.3 is 10.1 Å². The van der Waals surface area contributed by atoms with E-state index in [-0.39, 0.29) is 5.75 Å². The minimum atomic E-state index is -4.51. The van der Waals surface area contributed by atoms with Crippen LogP contribution in [-0.2, 0) is 10.1 Å². The fourth-order valence-corrected chi connectivity index (χ4v) is 3.01. The molecule has 112 valence electrons. The maximum atomic E-state index is 13.7. The van der Waals surface area contributed by atoms with E-state index in [1.165, 1.54) is 12.3 Å². The smallest absolute Gasteiger partial charge is 0.342 e. The first-order valence-electron chi connectivity index (χ1n) is 6.21. The van der Waals surface area contributed by atoms with E-state index < -0.39 is 26.6 Å². The predicted octanol–water partition coefficient (Wildman–Crippen LogP) is 3.28. The normalized spacial score (nSPS) is 11.5. The summed E-state index contributed by atoms with van der Waals surface area (Å²) >= 11 is 0. The number of aromatic nitrogens is 1. The van der Waals surface area contributed by atoms with Crippen LogP contribution in [0.4, 0.5) is 8.78 Å². The van der Waals surface area contributed by atoms with Gasteiger partial charge in [0.1, 0.15) is 10.4 Å². The van der Waals surface area contributed by atoms with E-state index in [0.717, 1.165) is 18.2 Å². The molecule has 0 aliphatic rings. The monoisotopic (exact) mass is 321 g/mol. The predicted molar refractivity (Wildman–Crippen MR) is 75.9 cm³/mol. The van der Waals surface area contributed by atoms with Crippen molar-refractivity contribution in [2.75, 3.05) is 0 Å². The van der Waals surface area contributed by atoms with Gasteiger partial charge in [0.2, 0.25) is 0 Å². The molecule has 0 spiro atoms. The second-order valence-electron chi connectivity index (χ2n) is 4.42. The molecule has 3 aromatic rings. The SMILES string of the molecule is O=S(=O)(Oc1cccc2cccnc12)c1cccc(F)c1F. The zero-order chi connectivity index (χ0) is 15.7. The summed E-state index contributed by atoms with van der Waals surface area (Å²) < 4.78 is 56.1. The molecule has 0 bridgehead atoms. The molecule has 1 heterocycles. The maximum absolute atomic E-state index is 13.7. The van der Waals surface area contributed by atoms with Crippen LogP contribution in [0.3, 0.4) is 0 Å². The topological polar surface area (TPSA) is 56.3 Å². The van der Waals surface area contributed by atoms with Gasteiger partial charge in [0, 0.05) is 11.6 Å². The Morgan fingerprint density at radius 3 is 2.50 bits per heavy atom. The van der Waals surface area contributed by atoms with Gasteiger partial charge in [-0.3, -0.25) is 4.98 Å². The van der Waals surface area contributed by atoms with Gasteiger partial charge < -0.3 is 4.18 Å². The van der Waals surface area contributed by atoms with Crippen LogP contribution in [0, 0.1) is 11.6 Å². The highest BCUT2D eigenvalue weighted by molar-refractivity contribution is 7.87. The number of rotatable bonds is 3. The summed E-state index contributed by atoms with van der Waals surface area (Å²) in [6.07, 6.45) is 1.48. The van der Waals surface area contributed by atoms with Crippen LogP contribution >= 0.6 is 0 Å². The van der Waals surface area contributed by atoms with Crippen LogP contribution < -0.4 is 4.18 Å². The van der Waals surface area contributed by atoms with Gasteiger partial charge in [0.25, 0.3) is 0 Å². The Morgan fingerprint density at radius 2 is 1.68 bits per heavy atom. The van der Waals surface area contributed by atoms with Gasteiger partial charge in [-0.15, -0.1) is 0 Å². The van der Waals surface area contributed by atoms with Crippen LogP contribution in [0.25, 0.3) is 10.9 Å². The molecular formula is C15H9F2NO3S. The van der Waals surface area contributed by atoms with Gasteiger partial charge in [-0.1, -0.05) is 24.3 Å². The Morgan fingerprint density at radius 1 is 0.955 bits per heavy atom. The van der Waals surface area contributed by atoms with Crippen molar-refractivity contribution < 1.29 is 21.4 Å². The standard InChI is InChI=1S/C15H9F2NO3S/c16-11-6-2-8-13(14(11)17)22(19,20)21-12-7-1-4-10-5-3-9-18-15(10)12/h1-9H. The third-order valence-electron chi connectivity index (χ3n) is 2.98. The highest BCUT2D eigenvalue weighted by atomic mass is 32.2. The van der Waals surface area contributed by atoms with E-state index in [2.05, 4.69) is 4.98 Å². The Balaban J connectivity index is 2.09. The number of fused-ring (bicyclic) bond motifs is 1. The molecule has 0 aliphatic carbocycles. The minimum Gasteiger partial charge on any atom is -0.377 e. The van der Waals surface area contributed by atoms with Gasteiger partial charge in [-0.25, -0.2) is 8.78 Å². The van der Waals surface area contributed by atoms with E-state index in [4.69, 9.17) is 4.18 Å². The molecule has 0 N–H and O–H groups in total. The first-order chi connectivity index (χ1) is 10.5. The molecule has 0 fully saturated rings. The number of halogens is 2. The molecule has 0 amide bonds. The molecule has 0 saturated heterocycles. The van der Waals surface area contributed by atoms with Crippen molar-refractivity contribution in [1.82, 2.24) is 4.98 Å². The number of para-hydroxylation sites is 1. The lowest BCUT2D eigenvalue weighted by Gasteiger charge is -2.09. The van der Waals surface area contributed by atoms with Crippen molar-refractivity contribution in [3.05, 3.63) is 66.4 Å². The molecule has 4 nitrogen and oxygen atoms in total. The lowest BCUT2D eigenvalue weighted by Crippen LogP contribution is -2.12. The Bertz CT molecular complexity index is 953. The lowest BCUT2D eigenvalue weighted by molar-refractivity contribution is 0.457. The van der Waals surface area contributed by atoms with Crippen molar-refractivity contribution in [2.45, 2.75) is 4.90 Å². The number of hydrogen-bond donors (Lipinski definition) is 0. The quantitative estimate of drug-likeness (QED) is 0.695. The third-order valence-corrected chi connectivity index (χ3v) is 4.23. The first-order valence-corrected chi connectivity index (χ1v) is 7.62. The second kappa shape index (κ2) is 5.34. The summed E-state index contributed by atoms with van der Waals surface area (Å²) in [6.45, 7) is 0. The average Bonchev–Trinajstić information content (AvgIpc) is 2.50. The number of hydrogen-bond acceptors (Lipinski definition) is 4. The van der Waals surface area contributed by atoms with Crippen molar-refractivity contribution in [3.63, 3.8) is 0 Å². The molecule has 0 aliphatic heterocycles. The van der Waals surface area contributed by atoms with Gasteiger partial charge in [0.05, 0.1) is 0 Å². The van der Waals surface area contributed by atoms with Crippen LogP contribution in [0.1, 0.15) is 0 Å². The van der Waals surface area contributed by atoms with E-state index in [1.807, 2.05) is 0 Å². The molecule has 22 heavy (non-hydrogen) atoms. The highest BCUT2D eigenvalue weighted by Crippen LogP contribution is 2.27. The zero-order valence-electron chi connectivity index (χ0n) is 11.0. The third kappa shape index (κ3) is 2.50. The zero-order valence-corrected chi connectivity index (χ0v) is 11.8. The number of benzene rings is 2. The molecule has 0 saturated carbocycles. The largest absolute Gasteiger partial charge is 0.377 e. The molecule has 3 rings (SSSR count). The summed E-state index contributed by atoms with van der Waals surface area (Å²) in [4.78, 5) is 3.18. The Kier molecular flexibility index (Phi) is 3.50. The van der Waals surface area contributed by atoms with Crippen molar-refractivity contribution in [2.24, 2.45) is 0 Å². The summed E-state index contributed by atoms with van der Waals surface area (Å²) in [6, 6.07) is 11.0. The van der Waals surface area contributed by atoms with E-state index in [0.29, 0.717) is 10.9 Å². The van der Waals surface area contributed by atoms with Gasteiger partial charge in [-0.2, -0.15) is 8.42 Å². The second-order valence-corrected chi connectivity index (χ2v) is 5.94. The minimum absolute atomic E-state index is 0.0539. The number of pyridine rings is 1. The fourth-order valence-electron chi connectivity index (χ4n) is 1.98. The van der Waals surface area contributed by atoms with E-state index in [9.17, 15) is 17.2 Å². The van der Waals surface area contributed by atoms with Crippen LogP contribution in [0.15, 0.2) is 59.6 Å². The van der Waals surface area contributed by atoms with Crippen molar-refractivity contribution in [1.29, 1.82) is 0 Å². The molecule has 7 heteroatoms. The van der Waals surface area contributed by atoms with E-state index >= 15 is 0 Å². The van der Waals surface area contributed by atoms with Crippen molar-refractivity contribution >= 4 is 21.0 Å². The molecule has 0 unspecified atom stereocenters. The molecular weight excluding hydrogens is 312 g/mol. The molecule has 1 aromatic heterocycles. The summed E-state index contributed by atoms with van der Waals surface area (Å²) in [5, 5.41) is 0.662. The molecule has 2 aromatic carbocycles. The first kappa shape index (κ1) is 14.4. The Labute approximate surface area is 125 Å². The Hall–Kier alpha value is -2.54. The van der Waals surface area contributed by atoms with Crippen LogP contribution in [0.5, 0.6) is 5.75 Å². The summed E-state index contributed by atoms with van der Waals surface area (Å²) in [5.74, 6) is -2.79. The van der Waals surface area contributed by atoms with Gasteiger partial charge in [0.15, 0.2) is 17.4 Å². The summed E-state index contributed by atoms with van der Waals surface area (Å²) in [7, 11) is -4.51. The van der Waals surface area contributed by atoms with Crippen molar-refractivity contribution in [3.8, 4) is 5.75 Å². The van der Waals surface area contributed by atoms with Crippen LogP contribution in [0.2, 0.25) is 0 Å². The van der Waals surface area contributed by atoms with Gasteiger partial charge in [-0.05, 0) is 24.3 Å². The molecule has 0 radical (unpaired) electrons. The number of nitrogens with zero attached hydrogens (tertiary/aromatic N) is 1.